The van der Waals surface area contributed by atoms with Crippen LogP contribution in [0.1, 0.15) is 18.2 Å². The van der Waals surface area contributed by atoms with Gasteiger partial charge in [-0.05, 0) is 25.1 Å². The molecule has 1 aromatic carbocycles. The van der Waals surface area contributed by atoms with E-state index in [4.69, 9.17) is 14.2 Å². The minimum absolute atomic E-state index is 0. The van der Waals surface area contributed by atoms with Crippen molar-refractivity contribution in [3.63, 3.8) is 0 Å². The van der Waals surface area contributed by atoms with Crippen LogP contribution in [0.5, 0.6) is 17.2 Å². The van der Waals surface area contributed by atoms with Crippen molar-refractivity contribution >= 4 is 29.9 Å². The summed E-state index contributed by atoms with van der Waals surface area (Å²) in [7, 11) is 6.71. The Balaban J connectivity index is 0.00000364. The average Bonchev–Trinajstić information content (AvgIpc) is 3.07. The Bertz CT molecular complexity index is 749. The standard InChI is InChI=1S/C18H27N5O3.HI/c1-6-19-18(21-12-14-9-10-22-23(14)2)20-11-13-7-8-15(24-3)17(26-5)16(13)25-4;/h7-10H,6,11-12H2,1-5H3,(H2,19,20,21);1H. The topological polar surface area (TPSA) is 81.9 Å². The van der Waals surface area contributed by atoms with Crippen molar-refractivity contribution in [1.82, 2.24) is 20.4 Å². The molecule has 0 saturated carbocycles. The van der Waals surface area contributed by atoms with E-state index in [9.17, 15) is 0 Å². The number of nitrogens with zero attached hydrogens (tertiary/aromatic N) is 3. The van der Waals surface area contributed by atoms with Crippen molar-refractivity contribution in [2.24, 2.45) is 12.0 Å². The molecular formula is C18H28IN5O3. The number of aryl methyl sites for hydroxylation is 1. The van der Waals surface area contributed by atoms with Gasteiger partial charge in [0.25, 0.3) is 0 Å². The second-order valence-electron chi connectivity index (χ2n) is 5.49. The Morgan fingerprint density at radius 3 is 2.37 bits per heavy atom. The number of halogens is 1. The van der Waals surface area contributed by atoms with E-state index in [0.29, 0.717) is 36.3 Å². The third-order valence-corrected chi connectivity index (χ3v) is 3.90. The van der Waals surface area contributed by atoms with E-state index in [1.165, 1.54) is 0 Å². The molecule has 150 valence electrons. The molecule has 9 heteroatoms. The van der Waals surface area contributed by atoms with Gasteiger partial charge in [-0.15, -0.1) is 24.0 Å². The van der Waals surface area contributed by atoms with Crippen LogP contribution in [0.3, 0.4) is 0 Å². The molecule has 1 heterocycles. The minimum Gasteiger partial charge on any atom is -0.493 e. The lowest BCUT2D eigenvalue weighted by atomic mass is 10.1. The first-order valence-electron chi connectivity index (χ1n) is 8.41. The average molecular weight is 489 g/mol. The van der Waals surface area contributed by atoms with E-state index in [-0.39, 0.29) is 24.0 Å². The highest BCUT2D eigenvalue weighted by Gasteiger charge is 2.15. The van der Waals surface area contributed by atoms with Crippen molar-refractivity contribution in [2.75, 3.05) is 27.9 Å². The third kappa shape index (κ3) is 5.91. The lowest BCUT2D eigenvalue weighted by Crippen LogP contribution is -2.37. The van der Waals surface area contributed by atoms with E-state index < -0.39 is 0 Å². The molecule has 0 bridgehead atoms. The van der Waals surface area contributed by atoms with Gasteiger partial charge in [0.05, 0.1) is 40.1 Å². The van der Waals surface area contributed by atoms with Gasteiger partial charge >= 0.3 is 0 Å². The zero-order valence-corrected chi connectivity index (χ0v) is 18.7. The number of nitrogens with one attached hydrogen (secondary N) is 2. The van der Waals surface area contributed by atoms with E-state index in [2.05, 4.69) is 20.7 Å². The van der Waals surface area contributed by atoms with Crippen LogP contribution in [-0.4, -0.2) is 43.6 Å². The molecule has 2 N–H and O–H groups in total. The summed E-state index contributed by atoms with van der Waals surface area (Å²) in [6.07, 6.45) is 1.77. The van der Waals surface area contributed by atoms with Gasteiger partial charge in [-0.1, -0.05) is 0 Å². The predicted octanol–water partition coefficient (Wildman–Crippen LogP) is 2.32. The van der Waals surface area contributed by atoms with Crippen LogP contribution in [-0.2, 0) is 20.1 Å². The number of aromatic nitrogens is 2. The maximum absolute atomic E-state index is 5.51. The van der Waals surface area contributed by atoms with Crippen molar-refractivity contribution in [1.29, 1.82) is 0 Å². The lowest BCUT2D eigenvalue weighted by molar-refractivity contribution is 0.322. The minimum atomic E-state index is 0. The summed E-state index contributed by atoms with van der Waals surface area (Å²) in [6, 6.07) is 5.74. The van der Waals surface area contributed by atoms with Crippen LogP contribution in [0.4, 0.5) is 0 Å². The number of benzene rings is 1. The van der Waals surface area contributed by atoms with Crippen molar-refractivity contribution < 1.29 is 14.2 Å². The highest BCUT2D eigenvalue weighted by atomic mass is 127. The second kappa shape index (κ2) is 11.5. The summed E-state index contributed by atoms with van der Waals surface area (Å²) in [6.45, 7) is 3.86. The molecule has 0 radical (unpaired) electrons. The van der Waals surface area contributed by atoms with Crippen molar-refractivity contribution in [3.8, 4) is 17.2 Å². The van der Waals surface area contributed by atoms with Gasteiger partial charge in [-0.3, -0.25) is 4.68 Å². The van der Waals surface area contributed by atoms with Crippen LogP contribution < -0.4 is 24.8 Å². The predicted molar refractivity (Wildman–Crippen MR) is 116 cm³/mol. The Kier molecular flexibility index (Phi) is 9.76. The first kappa shape index (κ1) is 22.9. The van der Waals surface area contributed by atoms with Gasteiger partial charge in [0.15, 0.2) is 17.5 Å². The molecule has 0 unspecified atom stereocenters. The van der Waals surface area contributed by atoms with Crippen molar-refractivity contribution in [3.05, 3.63) is 35.7 Å². The Labute approximate surface area is 177 Å². The largest absolute Gasteiger partial charge is 0.493 e. The fourth-order valence-electron chi connectivity index (χ4n) is 2.54. The summed E-state index contributed by atoms with van der Waals surface area (Å²) in [5.41, 5.74) is 1.97. The molecule has 0 aliphatic carbocycles. The smallest absolute Gasteiger partial charge is 0.203 e. The first-order valence-corrected chi connectivity index (χ1v) is 8.41. The third-order valence-electron chi connectivity index (χ3n) is 3.90. The van der Waals surface area contributed by atoms with E-state index in [1.54, 1.807) is 27.5 Å². The SMILES string of the molecule is CCNC(=NCc1ccc(OC)c(OC)c1OC)NCc1ccnn1C.I. The van der Waals surface area contributed by atoms with E-state index in [0.717, 1.165) is 17.8 Å². The molecule has 0 atom stereocenters. The molecule has 27 heavy (non-hydrogen) atoms. The molecule has 0 spiro atoms. The summed E-state index contributed by atoms with van der Waals surface area (Å²) < 4.78 is 18.1. The zero-order chi connectivity index (χ0) is 18.9. The first-order chi connectivity index (χ1) is 12.6. The quantitative estimate of drug-likeness (QED) is 0.337. The number of methoxy groups -OCH3 is 3. The van der Waals surface area contributed by atoms with Gasteiger partial charge in [0, 0.05) is 25.4 Å². The van der Waals surface area contributed by atoms with Crippen LogP contribution >= 0.6 is 24.0 Å². The molecule has 8 nitrogen and oxygen atoms in total. The monoisotopic (exact) mass is 489 g/mol. The van der Waals surface area contributed by atoms with Gasteiger partial charge < -0.3 is 24.8 Å². The highest BCUT2D eigenvalue weighted by molar-refractivity contribution is 14.0. The fourth-order valence-corrected chi connectivity index (χ4v) is 2.54. The molecule has 1 aromatic heterocycles. The van der Waals surface area contributed by atoms with Crippen LogP contribution in [0.25, 0.3) is 0 Å². The summed E-state index contributed by atoms with van der Waals surface area (Å²) in [4.78, 5) is 4.64. The second-order valence-corrected chi connectivity index (χ2v) is 5.49. The molecule has 0 amide bonds. The Morgan fingerprint density at radius 2 is 1.81 bits per heavy atom. The van der Waals surface area contributed by atoms with Gasteiger partial charge in [-0.2, -0.15) is 5.10 Å². The van der Waals surface area contributed by atoms with Gasteiger partial charge in [0.1, 0.15) is 0 Å². The van der Waals surface area contributed by atoms with E-state index in [1.807, 2.05) is 36.9 Å². The number of hydrogen-bond donors (Lipinski definition) is 2. The normalized spacial score (nSPS) is 10.8. The number of rotatable bonds is 8. The van der Waals surface area contributed by atoms with E-state index >= 15 is 0 Å². The number of hydrogen-bond acceptors (Lipinski definition) is 5. The summed E-state index contributed by atoms with van der Waals surface area (Å²) in [5, 5.41) is 10.7. The fraction of sp³-hybridized carbons (Fsp3) is 0.444. The number of guanidine groups is 1. The summed E-state index contributed by atoms with van der Waals surface area (Å²) in [5.74, 6) is 2.53. The van der Waals surface area contributed by atoms with Gasteiger partial charge in [0.2, 0.25) is 5.75 Å². The molecule has 0 fully saturated rings. The maximum Gasteiger partial charge on any atom is 0.203 e. The molecule has 2 rings (SSSR count). The maximum atomic E-state index is 5.51. The van der Waals surface area contributed by atoms with Crippen molar-refractivity contribution in [2.45, 2.75) is 20.0 Å². The molecule has 0 aliphatic rings. The van der Waals surface area contributed by atoms with Crippen LogP contribution in [0.15, 0.2) is 29.4 Å². The number of ether oxygens (including phenoxy) is 3. The molecule has 2 aromatic rings. The molecular weight excluding hydrogens is 461 g/mol. The van der Waals surface area contributed by atoms with Crippen LogP contribution in [0.2, 0.25) is 0 Å². The molecule has 0 aliphatic heterocycles. The Morgan fingerprint density at radius 1 is 1.07 bits per heavy atom. The number of aliphatic imine (C=N–C) groups is 1. The zero-order valence-electron chi connectivity index (χ0n) is 16.4. The summed E-state index contributed by atoms with van der Waals surface area (Å²) >= 11 is 0. The van der Waals surface area contributed by atoms with Gasteiger partial charge in [-0.25, -0.2) is 4.99 Å². The lowest BCUT2D eigenvalue weighted by Gasteiger charge is -2.16. The van der Waals surface area contributed by atoms with Crippen LogP contribution in [0, 0.1) is 0 Å². The molecule has 0 saturated heterocycles. The Hall–Kier alpha value is -2.17. The highest BCUT2D eigenvalue weighted by Crippen LogP contribution is 2.39.